The second-order valence-corrected chi connectivity index (χ2v) is 9.05. The molecule has 1 aromatic heterocycles. The Bertz CT molecular complexity index is 1030. The number of nitrogens with zero attached hydrogens (tertiary/aromatic N) is 3. The highest BCUT2D eigenvalue weighted by Crippen LogP contribution is 2.23. The SMILES string of the molecule is CCN(Cc1nc(-c2ccc(Cl)cc2)no1)S(=O)(=O)c1ccc(C(C)C)cc1. The number of hydrogen-bond donors (Lipinski definition) is 0. The van der Waals surface area contributed by atoms with E-state index < -0.39 is 10.0 Å². The van der Waals surface area contributed by atoms with Crippen LogP contribution in [-0.4, -0.2) is 29.4 Å². The molecule has 1 heterocycles. The molecule has 2 aromatic carbocycles. The molecule has 148 valence electrons. The average Bonchev–Trinajstić information content (AvgIpc) is 3.15. The molecule has 0 amide bonds. The van der Waals surface area contributed by atoms with Crippen LogP contribution in [0.3, 0.4) is 0 Å². The van der Waals surface area contributed by atoms with E-state index in [1.807, 2.05) is 12.1 Å². The maximum Gasteiger partial charge on any atom is 0.243 e. The van der Waals surface area contributed by atoms with Gasteiger partial charge in [0.2, 0.25) is 21.7 Å². The van der Waals surface area contributed by atoms with Gasteiger partial charge in [-0.1, -0.05) is 49.7 Å². The van der Waals surface area contributed by atoms with Crippen molar-refractivity contribution in [1.82, 2.24) is 14.4 Å². The van der Waals surface area contributed by atoms with E-state index in [9.17, 15) is 8.42 Å². The molecule has 3 rings (SSSR count). The Labute approximate surface area is 170 Å². The van der Waals surface area contributed by atoms with Gasteiger partial charge >= 0.3 is 0 Å². The van der Waals surface area contributed by atoms with Crippen LogP contribution < -0.4 is 0 Å². The maximum absolute atomic E-state index is 13.0. The fraction of sp³-hybridized carbons (Fsp3) is 0.300. The van der Waals surface area contributed by atoms with Crippen molar-refractivity contribution in [2.75, 3.05) is 6.54 Å². The third-order valence-corrected chi connectivity index (χ3v) is 6.61. The summed E-state index contributed by atoms with van der Waals surface area (Å²) in [6.45, 7) is 6.19. The summed E-state index contributed by atoms with van der Waals surface area (Å²) in [7, 11) is -3.66. The molecule has 28 heavy (non-hydrogen) atoms. The molecule has 0 bridgehead atoms. The van der Waals surface area contributed by atoms with E-state index in [2.05, 4.69) is 24.0 Å². The minimum Gasteiger partial charge on any atom is -0.338 e. The summed E-state index contributed by atoms with van der Waals surface area (Å²) in [5.74, 6) is 0.958. The molecule has 0 N–H and O–H groups in total. The van der Waals surface area contributed by atoms with Crippen molar-refractivity contribution in [2.45, 2.75) is 38.1 Å². The van der Waals surface area contributed by atoms with Crippen molar-refractivity contribution in [1.29, 1.82) is 0 Å². The molecule has 0 aliphatic heterocycles. The fourth-order valence-corrected chi connectivity index (χ4v) is 4.25. The number of rotatable bonds is 7. The number of hydrogen-bond acceptors (Lipinski definition) is 5. The second kappa shape index (κ2) is 8.43. The van der Waals surface area contributed by atoms with Crippen molar-refractivity contribution in [3.63, 3.8) is 0 Å². The van der Waals surface area contributed by atoms with Crippen molar-refractivity contribution < 1.29 is 12.9 Å². The highest BCUT2D eigenvalue weighted by molar-refractivity contribution is 7.89. The van der Waals surface area contributed by atoms with E-state index in [-0.39, 0.29) is 23.9 Å². The minimum absolute atomic E-state index is 0.00531. The van der Waals surface area contributed by atoms with Crippen LogP contribution in [0.25, 0.3) is 11.4 Å². The fourth-order valence-electron chi connectivity index (χ4n) is 2.73. The molecular formula is C20H22ClN3O3S. The van der Waals surface area contributed by atoms with Crippen LogP contribution in [0.15, 0.2) is 57.9 Å². The van der Waals surface area contributed by atoms with E-state index in [1.54, 1.807) is 43.3 Å². The van der Waals surface area contributed by atoms with Crippen LogP contribution in [0.5, 0.6) is 0 Å². The lowest BCUT2D eigenvalue weighted by atomic mass is 10.0. The highest BCUT2D eigenvalue weighted by Gasteiger charge is 2.25. The minimum atomic E-state index is -3.66. The Hall–Kier alpha value is -2.22. The molecule has 3 aromatic rings. The molecule has 8 heteroatoms. The van der Waals surface area contributed by atoms with Gasteiger partial charge in [0.1, 0.15) is 0 Å². The number of aromatic nitrogens is 2. The van der Waals surface area contributed by atoms with Gasteiger partial charge in [-0.05, 0) is 47.9 Å². The zero-order chi connectivity index (χ0) is 20.3. The Kier molecular flexibility index (Phi) is 6.17. The Morgan fingerprint density at radius 1 is 1.07 bits per heavy atom. The van der Waals surface area contributed by atoms with Gasteiger partial charge in [-0.2, -0.15) is 9.29 Å². The van der Waals surface area contributed by atoms with Crippen molar-refractivity contribution in [3.8, 4) is 11.4 Å². The largest absolute Gasteiger partial charge is 0.338 e. The first-order valence-electron chi connectivity index (χ1n) is 9.00. The molecule has 0 radical (unpaired) electrons. The van der Waals surface area contributed by atoms with E-state index in [4.69, 9.17) is 16.1 Å². The van der Waals surface area contributed by atoms with Gasteiger partial charge < -0.3 is 4.52 Å². The van der Waals surface area contributed by atoms with Crippen LogP contribution in [0.4, 0.5) is 0 Å². The molecule has 0 saturated carbocycles. The van der Waals surface area contributed by atoms with Gasteiger partial charge in [0, 0.05) is 17.1 Å². The first-order chi connectivity index (χ1) is 13.3. The molecule has 0 aliphatic carbocycles. The van der Waals surface area contributed by atoms with E-state index >= 15 is 0 Å². The Balaban J connectivity index is 1.80. The van der Waals surface area contributed by atoms with E-state index in [0.717, 1.165) is 11.1 Å². The summed E-state index contributed by atoms with van der Waals surface area (Å²) < 4.78 is 32.5. The van der Waals surface area contributed by atoms with Gasteiger partial charge in [-0.3, -0.25) is 0 Å². The molecule has 0 fully saturated rings. The number of sulfonamides is 1. The quantitative estimate of drug-likeness (QED) is 0.553. The first kappa shape index (κ1) is 20.5. The van der Waals surface area contributed by atoms with Gasteiger partial charge in [-0.25, -0.2) is 8.42 Å². The second-order valence-electron chi connectivity index (χ2n) is 6.67. The highest BCUT2D eigenvalue weighted by atomic mass is 35.5. The number of benzene rings is 2. The predicted octanol–water partition coefficient (Wildman–Crippen LogP) is 4.72. The van der Waals surface area contributed by atoms with Crippen LogP contribution in [0, 0.1) is 0 Å². The van der Waals surface area contributed by atoms with Crippen molar-refractivity contribution >= 4 is 21.6 Å². The lowest BCUT2D eigenvalue weighted by Gasteiger charge is -2.19. The van der Waals surface area contributed by atoms with Crippen LogP contribution in [0.1, 0.15) is 38.1 Å². The van der Waals surface area contributed by atoms with Gasteiger partial charge in [0.15, 0.2) is 0 Å². The summed E-state index contributed by atoms with van der Waals surface area (Å²) >= 11 is 5.89. The van der Waals surface area contributed by atoms with Gasteiger partial charge in [-0.15, -0.1) is 0 Å². The van der Waals surface area contributed by atoms with Crippen LogP contribution in [-0.2, 0) is 16.6 Å². The summed E-state index contributed by atoms with van der Waals surface area (Å²) in [6, 6.07) is 14.0. The zero-order valence-corrected chi connectivity index (χ0v) is 17.5. The zero-order valence-electron chi connectivity index (χ0n) is 16.0. The monoisotopic (exact) mass is 419 g/mol. The topological polar surface area (TPSA) is 76.3 Å². The van der Waals surface area contributed by atoms with Crippen LogP contribution in [0.2, 0.25) is 5.02 Å². The molecule has 0 saturated heterocycles. The summed E-state index contributed by atoms with van der Waals surface area (Å²) in [5, 5.41) is 4.55. The van der Waals surface area contributed by atoms with Crippen LogP contribution >= 0.6 is 11.6 Å². The Morgan fingerprint density at radius 2 is 1.71 bits per heavy atom. The normalized spacial score (nSPS) is 12.1. The standard InChI is InChI=1S/C20H22ClN3O3S/c1-4-24(28(25,26)18-11-7-15(8-12-18)14(2)3)13-19-22-20(23-27-19)16-5-9-17(21)10-6-16/h5-12,14H,4,13H2,1-3H3. The molecular weight excluding hydrogens is 398 g/mol. The summed E-state index contributed by atoms with van der Waals surface area (Å²) in [4.78, 5) is 4.56. The average molecular weight is 420 g/mol. The van der Waals surface area contributed by atoms with E-state index in [0.29, 0.717) is 16.8 Å². The van der Waals surface area contributed by atoms with Crippen molar-refractivity contribution in [2.24, 2.45) is 0 Å². The lowest BCUT2D eigenvalue weighted by molar-refractivity contribution is 0.321. The first-order valence-corrected chi connectivity index (χ1v) is 10.8. The number of halogens is 1. The third-order valence-electron chi connectivity index (χ3n) is 4.42. The smallest absolute Gasteiger partial charge is 0.243 e. The molecule has 0 aliphatic rings. The Morgan fingerprint density at radius 3 is 2.29 bits per heavy atom. The van der Waals surface area contributed by atoms with E-state index in [1.165, 1.54) is 4.31 Å². The molecule has 6 nitrogen and oxygen atoms in total. The third kappa shape index (κ3) is 4.43. The molecule has 0 spiro atoms. The van der Waals surface area contributed by atoms with Gasteiger partial charge in [0.05, 0.1) is 11.4 Å². The molecule has 0 atom stereocenters. The predicted molar refractivity (Wildman–Crippen MR) is 109 cm³/mol. The van der Waals surface area contributed by atoms with Gasteiger partial charge in [0.25, 0.3) is 0 Å². The summed E-state index contributed by atoms with van der Waals surface area (Å²) in [6.07, 6.45) is 0. The maximum atomic E-state index is 13.0. The lowest BCUT2D eigenvalue weighted by Crippen LogP contribution is -2.30. The summed E-state index contributed by atoms with van der Waals surface area (Å²) in [5.41, 5.74) is 1.83. The van der Waals surface area contributed by atoms with Crippen molar-refractivity contribution in [3.05, 3.63) is 65.0 Å². The molecule has 0 unspecified atom stereocenters.